The summed E-state index contributed by atoms with van der Waals surface area (Å²) >= 11 is 0. The lowest BCUT2D eigenvalue weighted by atomic mass is 10.1. The third-order valence-corrected chi connectivity index (χ3v) is 4.14. The van der Waals surface area contributed by atoms with Crippen molar-refractivity contribution in [3.05, 3.63) is 47.3 Å². The molecule has 3 rings (SSSR count). The van der Waals surface area contributed by atoms with E-state index in [-0.39, 0.29) is 11.9 Å². The zero-order valence-electron chi connectivity index (χ0n) is 13.7. The number of methoxy groups -OCH3 is 1. The predicted molar refractivity (Wildman–Crippen MR) is 86.3 cm³/mol. The van der Waals surface area contributed by atoms with Gasteiger partial charge >= 0.3 is 0 Å². The summed E-state index contributed by atoms with van der Waals surface area (Å²) in [6, 6.07) is 9.89. The van der Waals surface area contributed by atoms with Crippen molar-refractivity contribution < 1.29 is 14.1 Å². The number of hydrogen-bond donors (Lipinski definition) is 0. The highest BCUT2D eigenvalue weighted by atomic mass is 16.5. The zero-order valence-corrected chi connectivity index (χ0v) is 13.7. The number of hydrogen-bond acceptors (Lipinski definition) is 5. The van der Waals surface area contributed by atoms with Gasteiger partial charge in [0.2, 0.25) is 0 Å². The summed E-state index contributed by atoms with van der Waals surface area (Å²) in [6.07, 6.45) is 0. The molecule has 1 aliphatic heterocycles. The van der Waals surface area contributed by atoms with E-state index in [2.05, 4.69) is 36.2 Å². The molecule has 2 heterocycles. The Balaban J connectivity index is 1.87. The van der Waals surface area contributed by atoms with E-state index in [1.807, 2.05) is 17.0 Å². The summed E-state index contributed by atoms with van der Waals surface area (Å²) in [5, 5.41) is 3.89. The van der Waals surface area contributed by atoms with Crippen LogP contribution in [0.1, 0.15) is 28.7 Å². The largest absolute Gasteiger partial charge is 0.377 e. The van der Waals surface area contributed by atoms with E-state index >= 15 is 0 Å². The highest BCUT2D eigenvalue weighted by molar-refractivity contribution is 5.92. The highest BCUT2D eigenvalue weighted by Crippen LogP contribution is 2.27. The number of para-hydroxylation sites is 1. The van der Waals surface area contributed by atoms with Crippen LogP contribution in [-0.4, -0.2) is 42.7 Å². The third-order valence-electron chi connectivity index (χ3n) is 4.14. The second kappa shape index (κ2) is 6.42. The van der Waals surface area contributed by atoms with Crippen LogP contribution < -0.4 is 4.90 Å². The van der Waals surface area contributed by atoms with Gasteiger partial charge in [-0.3, -0.25) is 4.79 Å². The summed E-state index contributed by atoms with van der Waals surface area (Å²) in [4.78, 5) is 16.9. The first-order chi connectivity index (χ1) is 11.1. The maximum atomic E-state index is 12.8. The zero-order chi connectivity index (χ0) is 16.4. The second-order valence-corrected chi connectivity index (χ2v) is 5.90. The molecule has 23 heavy (non-hydrogen) atoms. The maximum Gasteiger partial charge on any atom is 0.276 e. The molecule has 1 aliphatic rings. The van der Waals surface area contributed by atoms with Crippen LogP contribution in [0.25, 0.3) is 0 Å². The van der Waals surface area contributed by atoms with Crippen molar-refractivity contribution >= 4 is 11.6 Å². The van der Waals surface area contributed by atoms with Crippen molar-refractivity contribution in [1.82, 2.24) is 10.1 Å². The summed E-state index contributed by atoms with van der Waals surface area (Å²) in [7, 11) is 3.63. The Kier molecular flexibility index (Phi) is 4.34. The first-order valence-corrected chi connectivity index (χ1v) is 7.64. The van der Waals surface area contributed by atoms with E-state index < -0.39 is 0 Å². The van der Waals surface area contributed by atoms with Gasteiger partial charge in [-0.1, -0.05) is 23.4 Å². The topological polar surface area (TPSA) is 58.8 Å². The van der Waals surface area contributed by atoms with Crippen LogP contribution in [0.15, 0.2) is 34.9 Å². The van der Waals surface area contributed by atoms with E-state index in [9.17, 15) is 4.79 Å². The van der Waals surface area contributed by atoms with Gasteiger partial charge in [0, 0.05) is 45.0 Å². The Morgan fingerprint density at radius 1 is 1.43 bits per heavy atom. The number of rotatable bonds is 3. The molecule has 122 valence electrons. The molecular formula is C17H21N3O3. The van der Waals surface area contributed by atoms with E-state index in [0.29, 0.717) is 24.6 Å². The summed E-state index contributed by atoms with van der Waals surface area (Å²) in [6.45, 7) is 3.69. The van der Waals surface area contributed by atoms with Gasteiger partial charge in [-0.15, -0.1) is 0 Å². The molecule has 0 saturated carbocycles. The van der Waals surface area contributed by atoms with Crippen LogP contribution in [-0.2, 0) is 17.9 Å². The molecule has 1 amide bonds. The maximum absolute atomic E-state index is 12.8. The monoisotopic (exact) mass is 315 g/mol. The molecule has 0 bridgehead atoms. The van der Waals surface area contributed by atoms with Gasteiger partial charge in [-0.25, -0.2) is 0 Å². The average Bonchev–Trinajstić information content (AvgIpc) is 2.96. The number of anilines is 1. The average molecular weight is 315 g/mol. The molecule has 0 unspecified atom stereocenters. The summed E-state index contributed by atoms with van der Waals surface area (Å²) in [5.41, 5.74) is 2.62. The Morgan fingerprint density at radius 3 is 3.00 bits per heavy atom. The van der Waals surface area contributed by atoms with Crippen molar-refractivity contribution in [3.8, 4) is 0 Å². The van der Waals surface area contributed by atoms with Crippen LogP contribution in [0.3, 0.4) is 0 Å². The van der Waals surface area contributed by atoms with Crippen molar-refractivity contribution in [2.75, 3.05) is 25.6 Å². The lowest BCUT2D eigenvalue weighted by Gasteiger charge is -2.27. The molecule has 0 fully saturated rings. The number of nitrogens with zero attached hydrogens (tertiary/aromatic N) is 3. The number of aromatic nitrogens is 1. The van der Waals surface area contributed by atoms with Gasteiger partial charge in [0.1, 0.15) is 6.61 Å². The molecule has 2 aromatic rings. The number of benzene rings is 1. The van der Waals surface area contributed by atoms with Crippen molar-refractivity contribution in [2.45, 2.75) is 26.1 Å². The molecule has 1 aromatic heterocycles. The molecule has 0 spiro atoms. The lowest BCUT2D eigenvalue weighted by molar-refractivity contribution is 0.0676. The molecular weight excluding hydrogens is 294 g/mol. The van der Waals surface area contributed by atoms with Crippen molar-refractivity contribution in [1.29, 1.82) is 0 Å². The van der Waals surface area contributed by atoms with Crippen LogP contribution in [0.5, 0.6) is 0 Å². The fourth-order valence-corrected chi connectivity index (χ4v) is 2.99. The van der Waals surface area contributed by atoms with E-state index in [1.165, 1.54) is 0 Å². The molecule has 1 aromatic carbocycles. The summed E-state index contributed by atoms with van der Waals surface area (Å²) in [5.74, 6) is 0.435. The SMILES string of the molecule is COCc1cc(C(=O)N2Cc3ccccc3N(C)C[C@H]2C)no1. The first kappa shape index (κ1) is 15.6. The highest BCUT2D eigenvalue weighted by Gasteiger charge is 2.29. The molecule has 0 saturated heterocycles. The van der Waals surface area contributed by atoms with E-state index in [0.717, 1.165) is 17.8 Å². The van der Waals surface area contributed by atoms with Gasteiger partial charge in [0.25, 0.3) is 5.91 Å². The minimum Gasteiger partial charge on any atom is -0.377 e. The molecule has 1 atom stereocenters. The van der Waals surface area contributed by atoms with E-state index in [4.69, 9.17) is 9.26 Å². The number of amides is 1. The predicted octanol–water partition coefficient (Wildman–Crippen LogP) is 2.30. The lowest BCUT2D eigenvalue weighted by Crippen LogP contribution is -2.42. The van der Waals surface area contributed by atoms with Gasteiger partial charge in [0.15, 0.2) is 11.5 Å². The Bertz CT molecular complexity index is 698. The van der Waals surface area contributed by atoms with Crippen LogP contribution >= 0.6 is 0 Å². The van der Waals surface area contributed by atoms with Crippen LogP contribution in [0, 0.1) is 0 Å². The number of carbonyl (C=O) groups excluding carboxylic acids is 1. The van der Waals surface area contributed by atoms with Crippen LogP contribution in [0.2, 0.25) is 0 Å². The van der Waals surface area contributed by atoms with Gasteiger partial charge < -0.3 is 19.1 Å². The number of likely N-dealkylation sites (N-methyl/N-ethyl adjacent to an activating group) is 1. The number of carbonyl (C=O) groups is 1. The van der Waals surface area contributed by atoms with E-state index in [1.54, 1.807) is 13.2 Å². The Labute approximate surface area is 135 Å². The molecule has 6 nitrogen and oxygen atoms in total. The van der Waals surface area contributed by atoms with Crippen molar-refractivity contribution in [3.63, 3.8) is 0 Å². The summed E-state index contributed by atoms with van der Waals surface area (Å²) < 4.78 is 10.1. The molecule has 0 aliphatic carbocycles. The minimum absolute atomic E-state index is 0.0717. The quantitative estimate of drug-likeness (QED) is 0.870. The Hall–Kier alpha value is -2.34. The molecule has 0 radical (unpaired) electrons. The fourth-order valence-electron chi connectivity index (χ4n) is 2.99. The minimum atomic E-state index is -0.117. The molecule has 6 heteroatoms. The standard InChI is InChI=1S/C17H21N3O3/c1-12-9-19(2)16-7-5-4-6-13(16)10-20(12)17(21)15-8-14(11-22-3)23-18-15/h4-8,12H,9-11H2,1-3H3/t12-/m1/s1. The fraction of sp³-hybridized carbons (Fsp3) is 0.412. The van der Waals surface area contributed by atoms with Crippen LogP contribution in [0.4, 0.5) is 5.69 Å². The van der Waals surface area contributed by atoms with Gasteiger partial charge in [-0.05, 0) is 18.6 Å². The Morgan fingerprint density at radius 2 is 2.22 bits per heavy atom. The number of fused-ring (bicyclic) bond motifs is 1. The smallest absolute Gasteiger partial charge is 0.276 e. The second-order valence-electron chi connectivity index (χ2n) is 5.90. The van der Waals surface area contributed by atoms with Crippen molar-refractivity contribution in [2.24, 2.45) is 0 Å². The normalized spacial score (nSPS) is 17.8. The molecule has 0 N–H and O–H groups in total. The number of ether oxygens (including phenoxy) is 1. The van der Waals surface area contributed by atoms with Gasteiger partial charge in [0.05, 0.1) is 0 Å². The first-order valence-electron chi connectivity index (χ1n) is 7.64. The van der Waals surface area contributed by atoms with Gasteiger partial charge in [-0.2, -0.15) is 0 Å². The third kappa shape index (κ3) is 3.07.